The average molecular weight is 235 g/mol. The van der Waals surface area contributed by atoms with E-state index in [0.717, 1.165) is 22.2 Å². The highest BCUT2D eigenvalue weighted by Crippen LogP contribution is 2.28. The normalized spacial score (nSPS) is 12.3. The predicted molar refractivity (Wildman–Crippen MR) is 46.9 cm³/mol. The van der Waals surface area contributed by atoms with Gasteiger partial charge in [-0.25, -0.2) is 9.97 Å². The molecular formula is C7H4F3N3OS. The van der Waals surface area contributed by atoms with Crippen LogP contribution in [0.1, 0.15) is 11.3 Å². The number of halogens is 3. The largest absolute Gasteiger partial charge is 0.433 e. The summed E-state index contributed by atoms with van der Waals surface area (Å²) in [7, 11) is 0. The maximum absolute atomic E-state index is 12.4. The van der Waals surface area contributed by atoms with Gasteiger partial charge in [-0.3, -0.25) is 4.79 Å². The second-order valence-corrected chi connectivity index (χ2v) is 3.61. The van der Waals surface area contributed by atoms with Gasteiger partial charge in [0.05, 0.1) is 0 Å². The molecule has 0 bridgehead atoms. The molecule has 0 aliphatic carbocycles. The van der Waals surface area contributed by atoms with Gasteiger partial charge in [-0.2, -0.15) is 17.0 Å². The van der Waals surface area contributed by atoms with Crippen molar-refractivity contribution in [3.8, 4) is 0 Å². The van der Waals surface area contributed by atoms with Gasteiger partial charge in [-0.1, -0.05) is 0 Å². The SMILES string of the molecule is Cc1c(C(F)(F)F)nc2ncsn2c1=O. The first-order valence-corrected chi connectivity index (χ1v) is 4.65. The summed E-state index contributed by atoms with van der Waals surface area (Å²) in [5.74, 6) is -0.220. The first-order valence-electron chi connectivity index (χ1n) is 3.82. The molecule has 0 N–H and O–H groups in total. The van der Waals surface area contributed by atoms with E-state index in [1.807, 2.05) is 0 Å². The smallest absolute Gasteiger partial charge is 0.268 e. The number of fused-ring (bicyclic) bond motifs is 1. The maximum Gasteiger partial charge on any atom is 0.433 e. The molecule has 0 atom stereocenters. The molecule has 80 valence electrons. The van der Waals surface area contributed by atoms with Crippen LogP contribution >= 0.6 is 11.5 Å². The van der Waals surface area contributed by atoms with Gasteiger partial charge < -0.3 is 0 Å². The third-order valence-corrected chi connectivity index (χ3v) is 2.58. The van der Waals surface area contributed by atoms with Gasteiger partial charge >= 0.3 is 6.18 Å². The Morgan fingerprint density at radius 3 is 2.73 bits per heavy atom. The second-order valence-electron chi connectivity index (χ2n) is 2.82. The van der Waals surface area contributed by atoms with Crippen molar-refractivity contribution in [1.82, 2.24) is 13.8 Å². The zero-order valence-electron chi connectivity index (χ0n) is 7.37. The third kappa shape index (κ3) is 1.50. The minimum Gasteiger partial charge on any atom is -0.268 e. The van der Waals surface area contributed by atoms with Gasteiger partial charge in [0.1, 0.15) is 5.51 Å². The Kier molecular flexibility index (Phi) is 2.03. The summed E-state index contributed by atoms with van der Waals surface area (Å²) in [6, 6.07) is 0. The van der Waals surface area contributed by atoms with Crippen LogP contribution in [0.2, 0.25) is 0 Å². The molecule has 8 heteroatoms. The first kappa shape index (κ1) is 10.1. The molecule has 0 aromatic carbocycles. The highest BCUT2D eigenvalue weighted by molar-refractivity contribution is 7.04. The molecule has 15 heavy (non-hydrogen) atoms. The molecule has 0 fully saturated rings. The molecule has 0 spiro atoms. The van der Waals surface area contributed by atoms with Gasteiger partial charge in [0.25, 0.3) is 5.56 Å². The van der Waals surface area contributed by atoms with Crippen molar-refractivity contribution < 1.29 is 13.2 Å². The van der Waals surface area contributed by atoms with Crippen LogP contribution in [0.3, 0.4) is 0 Å². The molecule has 2 rings (SSSR count). The topological polar surface area (TPSA) is 47.3 Å². The van der Waals surface area contributed by atoms with Crippen molar-refractivity contribution in [2.24, 2.45) is 0 Å². The summed E-state index contributed by atoms with van der Waals surface area (Å²) >= 11 is 0.911. The zero-order chi connectivity index (χ0) is 11.2. The lowest BCUT2D eigenvalue weighted by Crippen LogP contribution is -2.22. The molecule has 2 aromatic heterocycles. The number of alkyl halides is 3. The monoisotopic (exact) mass is 235 g/mol. The minimum absolute atomic E-state index is 0.220. The van der Waals surface area contributed by atoms with E-state index in [0.29, 0.717) is 0 Å². The molecule has 0 radical (unpaired) electrons. The lowest BCUT2D eigenvalue weighted by Gasteiger charge is -2.07. The van der Waals surface area contributed by atoms with Crippen LogP contribution in [0.25, 0.3) is 5.78 Å². The van der Waals surface area contributed by atoms with E-state index in [4.69, 9.17) is 0 Å². The van der Waals surface area contributed by atoms with E-state index in [1.54, 1.807) is 0 Å². The fraction of sp³-hybridized carbons (Fsp3) is 0.286. The van der Waals surface area contributed by atoms with Crippen molar-refractivity contribution in [3.63, 3.8) is 0 Å². The molecule has 4 nitrogen and oxygen atoms in total. The highest BCUT2D eigenvalue weighted by atomic mass is 32.1. The molecule has 2 heterocycles. The van der Waals surface area contributed by atoms with E-state index in [9.17, 15) is 18.0 Å². The Bertz CT molecular complexity index is 571. The summed E-state index contributed by atoms with van der Waals surface area (Å²) in [5, 5.41) is 0. The van der Waals surface area contributed by atoms with E-state index in [2.05, 4.69) is 9.97 Å². The van der Waals surface area contributed by atoms with E-state index >= 15 is 0 Å². The van der Waals surface area contributed by atoms with Crippen LogP contribution in [0.5, 0.6) is 0 Å². The van der Waals surface area contributed by atoms with Crippen molar-refractivity contribution in [2.45, 2.75) is 13.1 Å². The Morgan fingerprint density at radius 2 is 2.13 bits per heavy atom. The van der Waals surface area contributed by atoms with Crippen molar-refractivity contribution >= 4 is 17.3 Å². The van der Waals surface area contributed by atoms with Gasteiger partial charge in [0.15, 0.2) is 5.69 Å². The molecule has 0 unspecified atom stereocenters. The Labute approximate surface area is 85.2 Å². The summed E-state index contributed by atoms with van der Waals surface area (Å²) in [5.41, 5.74) is -1.04. The van der Waals surface area contributed by atoms with Gasteiger partial charge in [-0.05, 0) is 18.5 Å². The summed E-state index contributed by atoms with van der Waals surface area (Å²) in [6.07, 6.45) is -4.62. The maximum atomic E-state index is 12.4. The van der Waals surface area contributed by atoms with E-state index in [1.165, 1.54) is 5.51 Å². The molecule has 0 aliphatic rings. The van der Waals surface area contributed by atoms with Gasteiger partial charge in [-0.15, -0.1) is 0 Å². The fourth-order valence-electron chi connectivity index (χ4n) is 1.14. The average Bonchev–Trinajstić information content (AvgIpc) is 2.57. The number of hydrogen-bond donors (Lipinski definition) is 0. The molecule has 0 aliphatic heterocycles. The summed E-state index contributed by atoms with van der Waals surface area (Å²) in [6.45, 7) is 1.10. The highest BCUT2D eigenvalue weighted by Gasteiger charge is 2.36. The Hall–Kier alpha value is -1.44. The van der Waals surface area contributed by atoms with Crippen molar-refractivity contribution in [2.75, 3.05) is 0 Å². The number of nitrogens with zero attached hydrogens (tertiary/aromatic N) is 3. The first-order chi connectivity index (χ1) is 6.91. The van der Waals surface area contributed by atoms with Crippen LogP contribution in [-0.2, 0) is 6.18 Å². The van der Waals surface area contributed by atoms with E-state index < -0.39 is 23.0 Å². The predicted octanol–water partition coefficient (Wildman–Crippen LogP) is 1.48. The van der Waals surface area contributed by atoms with E-state index in [-0.39, 0.29) is 5.78 Å². The second kappa shape index (κ2) is 3.02. The molecule has 0 saturated heterocycles. The number of aromatic nitrogens is 3. The quantitative estimate of drug-likeness (QED) is 0.694. The van der Waals surface area contributed by atoms with Crippen LogP contribution in [-0.4, -0.2) is 13.8 Å². The molecule has 2 aromatic rings. The Morgan fingerprint density at radius 1 is 1.47 bits per heavy atom. The van der Waals surface area contributed by atoms with Crippen molar-refractivity contribution in [1.29, 1.82) is 0 Å². The zero-order valence-corrected chi connectivity index (χ0v) is 8.19. The lowest BCUT2D eigenvalue weighted by atomic mass is 10.2. The van der Waals surface area contributed by atoms with Crippen LogP contribution in [0.4, 0.5) is 13.2 Å². The molecule has 0 amide bonds. The lowest BCUT2D eigenvalue weighted by molar-refractivity contribution is -0.141. The minimum atomic E-state index is -4.62. The third-order valence-electron chi connectivity index (χ3n) is 1.84. The standard InChI is InChI=1S/C7H4F3N3OS/c1-3-4(7(8,9)10)12-6-11-2-15-13(6)5(3)14/h2H,1H3. The van der Waals surface area contributed by atoms with Crippen LogP contribution in [0.15, 0.2) is 10.3 Å². The summed E-state index contributed by atoms with van der Waals surface area (Å²) in [4.78, 5) is 18.3. The van der Waals surface area contributed by atoms with Crippen molar-refractivity contribution in [3.05, 3.63) is 27.1 Å². The number of hydrogen-bond acceptors (Lipinski definition) is 4. The van der Waals surface area contributed by atoms with Gasteiger partial charge in [0, 0.05) is 5.56 Å². The summed E-state index contributed by atoms with van der Waals surface area (Å²) < 4.78 is 38.3. The van der Waals surface area contributed by atoms with Crippen LogP contribution < -0.4 is 5.56 Å². The Balaban J connectivity index is 2.88. The number of rotatable bonds is 0. The van der Waals surface area contributed by atoms with Gasteiger partial charge in [0.2, 0.25) is 5.78 Å². The fourth-order valence-corrected chi connectivity index (χ4v) is 1.79. The molecule has 0 saturated carbocycles. The molecular weight excluding hydrogens is 231 g/mol. The van der Waals surface area contributed by atoms with Crippen LogP contribution in [0, 0.1) is 6.92 Å².